The molecule has 0 bridgehead atoms. The topological polar surface area (TPSA) is 90.5 Å². The molecule has 1 fully saturated rings. The van der Waals surface area contributed by atoms with Crippen LogP contribution in [0.4, 0.5) is 0 Å². The van der Waals surface area contributed by atoms with Gasteiger partial charge in [0.1, 0.15) is 12.1 Å². The van der Waals surface area contributed by atoms with Gasteiger partial charge in [0.25, 0.3) is 0 Å². The molecule has 0 spiro atoms. The fourth-order valence-electron chi connectivity index (χ4n) is 3.76. The first kappa shape index (κ1) is 24.9. The molecule has 3 amide bonds. The molecule has 172 valence electrons. The molecular formula is C24H38N4O3. The first-order chi connectivity index (χ1) is 14.8. The van der Waals surface area contributed by atoms with Crippen LogP contribution in [0.1, 0.15) is 58.4 Å². The van der Waals surface area contributed by atoms with E-state index in [1.54, 1.807) is 6.92 Å². The second-order valence-corrected chi connectivity index (χ2v) is 8.88. The van der Waals surface area contributed by atoms with Crippen LogP contribution in [0.15, 0.2) is 30.3 Å². The van der Waals surface area contributed by atoms with E-state index in [1.165, 1.54) is 0 Å². The average molecular weight is 431 g/mol. The number of benzene rings is 1. The number of carbonyl (C=O) groups is 3. The Morgan fingerprint density at radius 1 is 0.968 bits per heavy atom. The lowest BCUT2D eigenvalue weighted by Crippen LogP contribution is -2.54. The Kier molecular flexibility index (Phi) is 10.5. The highest BCUT2D eigenvalue weighted by atomic mass is 16.2. The molecule has 31 heavy (non-hydrogen) atoms. The molecule has 1 aliphatic heterocycles. The predicted octanol–water partition coefficient (Wildman–Crippen LogP) is 2.21. The summed E-state index contributed by atoms with van der Waals surface area (Å²) in [6, 6.07) is 8.81. The number of rotatable bonds is 4. The number of nitrogens with zero attached hydrogens (tertiary/aromatic N) is 1. The third-order valence-electron chi connectivity index (χ3n) is 5.43. The Morgan fingerprint density at radius 2 is 1.68 bits per heavy atom. The van der Waals surface area contributed by atoms with E-state index >= 15 is 0 Å². The summed E-state index contributed by atoms with van der Waals surface area (Å²) in [7, 11) is 0. The number of hydrogen-bond donors (Lipinski definition) is 3. The van der Waals surface area contributed by atoms with Crippen LogP contribution in [0.25, 0.3) is 0 Å². The summed E-state index contributed by atoms with van der Waals surface area (Å²) >= 11 is 0. The lowest BCUT2D eigenvalue weighted by molar-refractivity contribution is -0.132. The van der Waals surface area contributed by atoms with E-state index < -0.39 is 12.1 Å². The Morgan fingerprint density at radius 3 is 2.39 bits per heavy atom. The van der Waals surface area contributed by atoms with E-state index in [2.05, 4.69) is 33.0 Å². The van der Waals surface area contributed by atoms with E-state index in [1.807, 2.05) is 32.0 Å². The summed E-state index contributed by atoms with van der Waals surface area (Å²) in [5, 5.41) is 8.57. The zero-order valence-electron chi connectivity index (χ0n) is 19.2. The third-order valence-corrected chi connectivity index (χ3v) is 5.43. The predicted molar refractivity (Wildman–Crippen MR) is 122 cm³/mol. The number of hydrogen-bond acceptors (Lipinski definition) is 4. The van der Waals surface area contributed by atoms with Gasteiger partial charge >= 0.3 is 0 Å². The molecule has 2 atom stereocenters. The highest BCUT2D eigenvalue weighted by Gasteiger charge is 2.25. The molecule has 1 aromatic rings. The quantitative estimate of drug-likeness (QED) is 0.683. The standard InChI is InChI=1S/C24H38N4O3/c1-18(2)15-21-24(31)25-13-9-4-5-10-14-28(16-20-11-7-6-8-12-20)17-22(29)26-19(3)23(30)27-21/h6-8,11-12,18-19,21H,4-5,9-10,13-17H2,1-3H3,(H,25,31)(H,26,29)(H,27,30)/t19-,21-/m0/s1. The molecule has 0 unspecified atom stereocenters. The van der Waals surface area contributed by atoms with E-state index in [0.29, 0.717) is 19.5 Å². The summed E-state index contributed by atoms with van der Waals surface area (Å²) in [5.41, 5.74) is 1.16. The second-order valence-electron chi connectivity index (χ2n) is 8.88. The lowest BCUT2D eigenvalue weighted by Gasteiger charge is -2.25. The van der Waals surface area contributed by atoms with E-state index in [-0.39, 0.29) is 30.2 Å². The van der Waals surface area contributed by atoms with E-state index in [4.69, 9.17) is 0 Å². The maximum atomic E-state index is 12.6. The lowest BCUT2D eigenvalue weighted by atomic mass is 10.0. The summed E-state index contributed by atoms with van der Waals surface area (Å²) in [6.45, 7) is 8.05. The van der Waals surface area contributed by atoms with Crippen molar-refractivity contribution in [2.75, 3.05) is 19.6 Å². The molecule has 1 aliphatic rings. The van der Waals surface area contributed by atoms with Gasteiger partial charge in [-0.1, -0.05) is 57.0 Å². The van der Waals surface area contributed by atoms with Crippen molar-refractivity contribution in [2.24, 2.45) is 5.92 Å². The van der Waals surface area contributed by atoms with Gasteiger partial charge in [0.05, 0.1) is 6.54 Å². The molecule has 0 aromatic heterocycles. The first-order valence-corrected chi connectivity index (χ1v) is 11.5. The average Bonchev–Trinajstić information content (AvgIpc) is 2.71. The highest BCUT2D eigenvalue weighted by Crippen LogP contribution is 2.09. The first-order valence-electron chi connectivity index (χ1n) is 11.5. The largest absolute Gasteiger partial charge is 0.354 e. The summed E-state index contributed by atoms with van der Waals surface area (Å²) in [5.74, 6) is -0.411. The molecule has 2 rings (SSSR count). The Bertz CT molecular complexity index is 708. The van der Waals surface area contributed by atoms with Gasteiger partial charge in [-0.15, -0.1) is 0 Å². The van der Waals surface area contributed by atoms with Gasteiger partial charge in [-0.05, 0) is 44.2 Å². The molecule has 0 radical (unpaired) electrons. The molecule has 7 heteroatoms. The molecule has 0 saturated carbocycles. The van der Waals surface area contributed by atoms with Crippen LogP contribution in [-0.2, 0) is 20.9 Å². The molecule has 1 saturated heterocycles. The smallest absolute Gasteiger partial charge is 0.242 e. The minimum atomic E-state index is -0.707. The maximum absolute atomic E-state index is 12.6. The number of amides is 3. The van der Waals surface area contributed by atoms with Crippen molar-refractivity contribution in [1.29, 1.82) is 0 Å². The second kappa shape index (κ2) is 13.1. The van der Waals surface area contributed by atoms with Gasteiger partial charge in [0.2, 0.25) is 17.7 Å². The Balaban J connectivity index is 2.06. The zero-order chi connectivity index (χ0) is 22.6. The van der Waals surface area contributed by atoms with Crippen molar-refractivity contribution >= 4 is 17.7 Å². The Labute approximate surface area is 186 Å². The van der Waals surface area contributed by atoms with E-state index in [0.717, 1.165) is 37.8 Å². The van der Waals surface area contributed by atoms with Gasteiger partial charge in [0.15, 0.2) is 0 Å². The van der Waals surface area contributed by atoms with Crippen molar-refractivity contribution in [3.8, 4) is 0 Å². The monoisotopic (exact) mass is 430 g/mol. The molecule has 1 heterocycles. The van der Waals surface area contributed by atoms with Gasteiger partial charge in [0, 0.05) is 13.1 Å². The molecule has 0 aliphatic carbocycles. The minimum absolute atomic E-state index is 0.151. The van der Waals surface area contributed by atoms with Crippen molar-refractivity contribution in [2.45, 2.75) is 71.5 Å². The van der Waals surface area contributed by atoms with Crippen molar-refractivity contribution < 1.29 is 14.4 Å². The van der Waals surface area contributed by atoms with Crippen LogP contribution < -0.4 is 16.0 Å². The number of carbonyl (C=O) groups excluding carboxylic acids is 3. The van der Waals surface area contributed by atoms with Gasteiger partial charge in [-0.2, -0.15) is 0 Å². The van der Waals surface area contributed by atoms with Crippen molar-refractivity contribution in [3.05, 3.63) is 35.9 Å². The minimum Gasteiger partial charge on any atom is -0.354 e. The number of nitrogens with one attached hydrogen (secondary N) is 3. The van der Waals surface area contributed by atoms with Crippen LogP contribution in [0.3, 0.4) is 0 Å². The fourth-order valence-corrected chi connectivity index (χ4v) is 3.76. The fraction of sp³-hybridized carbons (Fsp3) is 0.625. The van der Waals surface area contributed by atoms with Crippen molar-refractivity contribution in [3.63, 3.8) is 0 Å². The van der Waals surface area contributed by atoms with Crippen LogP contribution in [0.2, 0.25) is 0 Å². The molecule has 3 N–H and O–H groups in total. The van der Waals surface area contributed by atoms with Gasteiger partial charge in [-0.25, -0.2) is 0 Å². The molecular weight excluding hydrogens is 392 g/mol. The van der Waals surface area contributed by atoms with Gasteiger partial charge < -0.3 is 16.0 Å². The normalized spacial score (nSPS) is 23.2. The summed E-state index contributed by atoms with van der Waals surface area (Å²) in [4.78, 5) is 40.0. The third kappa shape index (κ3) is 9.51. The SMILES string of the molecule is CC(C)C[C@@H]1NC(=O)[C@H](C)NC(=O)CN(Cc2ccccc2)CCCCCCNC1=O. The van der Waals surface area contributed by atoms with Crippen LogP contribution >= 0.6 is 0 Å². The van der Waals surface area contributed by atoms with Crippen LogP contribution in [-0.4, -0.2) is 54.3 Å². The summed E-state index contributed by atoms with van der Waals surface area (Å²) in [6.07, 6.45) is 4.52. The van der Waals surface area contributed by atoms with Crippen LogP contribution in [0, 0.1) is 5.92 Å². The molecule has 1 aromatic carbocycles. The van der Waals surface area contributed by atoms with Crippen LogP contribution in [0.5, 0.6) is 0 Å². The highest BCUT2D eigenvalue weighted by molar-refractivity contribution is 5.92. The Hall–Kier alpha value is -2.41. The summed E-state index contributed by atoms with van der Waals surface area (Å²) < 4.78 is 0. The zero-order valence-corrected chi connectivity index (χ0v) is 19.2. The molecule has 7 nitrogen and oxygen atoms in total. The van der Waals surface area contributed by atoms with E-state index in [9.17, 15) is 14.4 Å². The van der Waals surface area contributed by atoms with Gasteiger partial charge in [-0.3, -0.25) is 19.3 Å². The van der Waals surface area contributed by atoms with Crippen molar-refractivity contribution in [1.82, 2.24) is 20.9 Å². The maximum Gasteiger partial charge on any atom is 0.242 e.